The average Bonchev–Trinajstić information content (AvgIpc) is 2.87. The molecule has 1 fully saturated rings. The van der Waals surface area contributed by atoms with Crippen molar-refractivity contribution in [3.05, 3.63) is 17.7 Å². The Labute approximate surface area is 148 Å². The number of rotatable bonds is 4. The zero-order chi connectivity index (χ0) is 18.6. The van der Waals surface area contributed by atoms with Gasteiger partial charge in [0.25, 0.3) is 0 Å². The Morgan fingerprint density at radius 3 is 2.28 bits per heavy atom. The summed E-state index contributed by atoms with van der Waals surface area (Å²) in [6, 6.07) is 3.12. The monoisotopic (exact) mass is 372 g/mol. The highest BCUT2D eigenvalue weighted by Gasteiger charge is 2.31. The molecule has 0 spiro atoms. The van der Waals surface area contributed by atoms with Gasteiger partial charge in [-0.05, 0) is 25.0 Å². The molecule has 0 bridgehead atoms. The van der Waals surface area contributed by atoms with Crippen molar-refractivity contribution in [1.29, 1.82) is 0 Å². The van der Waals surface area contributed by atoms with E-state index in [-0.39, 0.29) is 23.7 Å². The molecule has 2 rings (SSSR count). The summed E-state index contributed by atoms with van der Waals surface area (Å²) in [4.78, 5) is 13.2. The molecule has 1 aliphatic heterocycles. The second-order valence-corrected chi connectivity index (χ2v) is 7.59. The molecule has 0 atom stereocenters. The third kappa shape index (κ3) is 3.98. The third-order valence-electron chi connectivity index (χ3n) is 4.19. The highest BCUT2D eigenvalue weighted by Crippen LogP contribution is 2.33. The van der Waals surface area contributed by atoms with Crippen molar-refractivity contribution in [2.45, 2.75) is 18.2 Å². The molecule has 25 heavy (non-hydrogen) atoms. The Kier molecular flexibility index (Phi) is 6.12. The van der Waals surface area contributed by atoms with E-state index in [1.807, 2.05) is 6.92 Å². The number of nitrogens with zero attached hydrogens (tertiary/aromatic N) is 2. The molecule has 1 heterocycles. The molecular weight excluding hydrogens is 348 g/mol. The van der Waals surface area contributed by atoms with Crippen LogP contribution in [-0.2, 0) is 14.8 Å². The summed E-state index contributed by atoms with van der Waals surface area (Å²) in [7, 11) is 0.451. The maximum Gasteiger partial charge on any atom is 0.409 e. The summed E-state index contributed by atoms with van der Waals surface area (Å²) in [6.07, 6.45) is 0.0773. The Morgan fingerprint density at radius 1 is 1.00 bits per heavy atom. The maximum absolute atomic E-state index is 13.1. The number of methoxy groups -OCH3 is 3. The van der Waals surface area contributed by atoms with Gasteiger partial charge in [-0.25, -0.2) is 13.2 Å². The number of hydrogen-bond donors (Lipinski definition) is 0. The molecule has 1 amide bonds. The first-order valence-electron chi connectivity index (χ1n) is 7.90. The van der Waals surface area contributed by atoms with Crippen LogP contribution < -0.4 is 9.47 Å². The smallest absolute Gasteiger partial charge is 0.409 e. The molecule has 8 nitrogen and oxygen atoms in total. The van der Waals surface area contributed by atoms with Crippen LogP contribution in [0.2, 0.25) is 0 Å². The Hall–Kier alpha value is -2.00. The van der Waals surface area contributed by atoms with Crippen molar-refractivity contribution in [3.8, 4) is 11.5 Å². The maximum atomic E-state index is 13.1. The van der Waals surface area contributed by atoms with Gasteiger partial charge in [0.1, 0.15) is 16.4 Å². The van der Waals surface area contributed by atoms with E-state index in [0.717, 1.165) is 5.56 Å². The van der Waals surface area contributed by atoms with Crippen LogP contribution >= 0.6 is 0 Å². The van der Waals surface area contributed by atoms with Crippen LogP contribution in [0.15, 0.2) is 17.0 Å². The fourth-order valence-corrected chi connectivity index (χ4v) is 4.43. The molecule has 140 valence electrons. The molecule has 1 saturated heterocycles. The predicted molar refractivity (Wildman–Crippen MR) is 91.6 cm³/mol. The fourth-order valence-electron chi connectivity index (χ4n) is 2.81. The highest BCUT2D eigenvalue weighted by molar-refractivity contribution is 7.89. The summed E-state index contributed by atoms with van der Waals surface area (Å²) >= 11 is 0. The van der Waals surface area contributed by atoms with Gasteiger partial charge in [-0.15, -0.1) is 0 Å². The normalized spacial score (nSPS) is 16.2. The second-order valence-electron chi connectivity index (χ2n) is 5.69. The van der Waals surface area contributed by atoms with Crippen molar-refractivity contribution >= 4 is 16.1 Å². The first-order chi connectivity index (χ1) is 11.8. The molecule has 0 saturated carbocycles. The summed E-state index contributed by atoms with van der Waals surface area (Å²) in [6.45, 7) is 3.05. The number of carbonyl (C=O) groups is 1. The van der Waals surface area contributed by atoms with Crippen LogP contribution in [0.5, 0.6) is 11.5 Å². The Morgan fingerprint density at radius 2 is 1.68 bits per heavy atom. The lowest BCUT2D eigenvalue weighted by atomic mass is 10.2. The minimum Gasteiger partial charge on any atom is -0.496 e. The van der Waals surface area contributed by atoms with Crippen molar-refractivity contribution in [3.63, 3.8) is 0 Å². The minimum atomic E-state index is -3.78. The Balaban J connectivity index is 2.34. The number of benzene rings is 1. The van der Waals surface area contributed by atoms with E-state index in [4.69, 9.17) is 14.2 Å². The first-order valence-corrected chi connectivity index (χ1v) is 9.34. The van der Waals surface area contributed by atoms with Crippen LogP contribution in [0.4, 0.5) is 4.79 Å². The Bertz CT molecular complexity index is 734. The zero-order valence-corrected chi connectivity index (χ0v) is 15.8. The van der Waals surface area contributed by atoms with Crippen molar-refractivity contribution < 1.29 is 27.4 Å². The van der Waals surface area contributed by atoms with Crippen molar-refractivity contribution in [2.75, 3.05) is 47.5 Å². The highest BCUT2D eigenvalue weighted by atomic mass is 32.2. The molecular formula is C16H24N2O6S. The van der Waals surface area contributed by atoms with E-state index in [0.29, 0.717) is 25.3 Å². The lowest BCUT2D eigenvalue weighted by Crippen LogP contribution is -2.37. The molecule has 0 unspecified atom stereocenters. The molecule has 1 aromatic rings. The van der Waals surface area contributed by atoms with Gasteiger partial charge in [-0.2, -0.15) is 4.31 Å². The van der Waals surface area contributed by atoms with Gasteiger partial charge in [0, 0.05) is 32.2 Å². The van der Waals surface area contributed by atoms with Gasteiger partial charge < -0.3 is 19.1 Å². The van der Waals surface area contributed by atoms with Crippen LogP contribution in [0.3, 0.4) is 0 Å². The van der Waals surface area contributed by atoms with E-state index >= 15 is 0 Å². The summed E-state index contributed by atoms with van der Waals surface area (Å²) in [5, 5.41) is 0. The molecule has 0 aromatic heterocycles. The molecule has 0 radical (unpaired) electrons. The van der Waals surface area contributed by atoms with E-state index < -0.39 is 16.1 Å². The van der Waals surface area contributed by atoms with E-state index in [9.17, 15) is 13.2 Å². The number of ether oxygens (including phenoxy) is 3. The number of aryl methyl sites for hydroxylation is 1. The molecule has 0 aliphatic carbocycles. The number of amides is 1. The second kappa shape index (κ2) is 7.92. The van der Waals surface area contributed by atoms with Gasteiger partial charge >= 0.3 is 6.09 Å². The van der Waals surface area contributed by atoms with E-state index in [1.54, 1.807) is 6.07 Å². The quantitative estimate of drug-likeness (QED) is 0.796. The SMILES string of the molecule is COC(=O)N1CCCN(S(=O)(=O)c2cc(OC)c(C)cc2OC)CC1. The van der Waals surface area contributed by atoms with Crippen LogP contribution in [-0.4, -0.2) is 71.2 Å². The molecule has 9 heteroatoms. The number of hydrogen-bond acceptors (Lipinski definition) is 6. The zero-order valence-electron chi connectivity index (χ0n) is 14.9. The number of sulfonamides is 1. The predicted octanol–water partition coefficient (Wildman–Crippen LogP) is 1.48. The van der Waals surface area contributed by atoms with Gasteiger partial charge in [0.05, 0.1) is 21.3 Å². The molecule has 1 aliphatic rings. The lowest BCUT2D eigenvalue weighted by Gasteiger charge is -2.22. The first kappa shape index (κ1) is 19.3. The van der Waals surface area contributed by atoms with Crippen LogP contribution in [0.25, 0.3) is 0 Å². The van der Waals surface area contributed by atoms with Gasteiger partial charge in [0.2, 0.25) is 10.0 Å². The van der Waals surface area contributed by atoms with E-state index in [2.05, 4.69) is 0 Å². The molecule has 0 N–H and O–H groups in total. The minimum absolute atomic E-state index is 0.0592. The third-order valence-corrected chi connectivity index (χ3v) is 6.11. The van der Waals surface area contributed by atoms with Gasteiger partial charge in [-0.1, -0.05) is 0 Å². The largest absolute Gasteiger partial charge is 0.496 e. The van der Waals surface area contributed by atoms with Crippen LogP contribution in [0, 0.1) is 6.92 Å². The average molecular weight is 372 g/mol. The summed E-state index contributed by atoms with van der Waals surface area (Å²) in [5.41, 5.74) is 0.783. The number of carbonyl (C=O) groups excluding carboxylic acids is 1. The van der Waals surface area contributed by atoms with Gasteiger partial charge in [-0.3, -0.25) is 0 Å². The van der Waals surface area contributed by atoms with Gasteiger partial charge in [0.15, 0.2) is 0 Å². The van der Waals surface area contributed by atoms with Crippen molar-refractivity contribution in [2.24, 2.45) is 0 Å². The molecule has 1 aromatic carbocycles. The summed E-state index contributed by atoms with van der Waals surface area (Å²) < 4.78 is 42.8. The van der Waals surface area contributed by atoms with E-state index in [1.165, 1.54) is 36.6 Å². The fraction of sp³-hybridized carbons (Fsp3) is 0.562. The lowest BCUT2D eigenvalue weighted by molar-refractivity contribution is 0.126. The van der Waals surface area contributed by atoms with Crippen LogP contribution in [0.1, 0.15) is 12.0 Å². The topological polar surface area (TPSA) is 85.4 Å². The van der Waals surface area contributed by atoms with Crippen molar-refractivity contribution in [1.82, 2.24) is 9.21 Å². The summed E-state index contributed by atoms with van der Waals surface area (Å²) in [5.74, 6) is 0.748. The standard InChI is InChI=1S/C16H24N2O6S/c1-12-10-14(23-3)15(11-13(12)22-2)25(20,21)18-7-5-6-17(8-9-18)16(19)24-4/h10-11H,5-9H2,1-4H3.